The van der Waals surface area contributed by atoms with E-state index in [0.29, 0.717) is 29.0 Å². The van der Waals surface area contributed by atoms with Crippen molar-refractivity contribution in [2.45, 2.75) is 73.5 Å². The number of aryl methyl sites for hydroxylation is 1. The lowest BCUT2D eigenvalue weighted by Gasteiger charge is -2.32. The SMILES string of the molecule is COc1cccc(C(=O)NN(CC(C)(C)C)C(=O)c2cc(C)cc(B3OC(C)(C)C(C)(C)O3)c2)c1C. The fraction of sp³-hybridized carbons (Fsp3) is 0.500. The van der Waals surface area contributed by atoms with E-state index in [9.17, 15) is 9.59 Å². The van der Waals surface area contributed by atoms with Crippen LogP contribution in [0.1, 0.15) is 80.3 Å². The molecular formula is C28H39BN2O5. The van der Waals surface area contributed by atoms with Crippen molar-refractivity contribution in [2.75, 3.05) is 13.7 Å². The molecule has 0 unspecified atom stereocenters. The molecule has 1 N–H and O–H groups in total. The highest BCUT2D eigenvalue weighted by Crippen LogP contribution is 2.36. The van der Waals surface area contributed by atoms with Crippen LogP contribution in [0, 0.1) is 19.3 Å². The highest BCUT2D eigenvalue weighted by molar-refractivity contribution is 6.62. The number of amides is 2. The number of carbonyl (C=O) groups is 2. The highest BCUT2D eigenvalue weighted by Gasteiger charge is 2.51. The van der Waals surface area contributed by atoms with Gasteiger partial charge in [0.15, 0.2) is 0 Å². The molecule has 0 aliphatic carbocycles. The topological polar surface area (TPSA) is 77.1 Å². The van der Waals surface area contributed by atoms with Gasteiger partial charge in [-0.2, -0.15) is 0 Å². The molecule has 0 radical (unpaired) electrons. The van der Waals surface area contributed by atoms with Gasteiger partial charge in [0.25, 0.3) is 11.8 Å². The molecule has 194 valence electrons. The second-order valence-electron chi connectivity index (χ2n) is 11.7. The van der Waals surface area contributed by atoms with E-state index in [4.69, 9.17) is 14.0 Å². The number of carbonyl (C=O) groups excluding carboxylic acids is 2. The third kappa shape index (κ3) is 5.93. The van der Waals surface area contributed by atoms with Crippen LogP contribution < -0.4 is 15.6 Å². The van der Waals surface area contributed by atoms with E-state index in [2.05, 4.69) is 5.43 Å². The van der Waals surface area contributed by atoms with Crippen molar-refractivity contribution in [2.24, 2.45) is 5.41 Å². The Morgan fingerprint density at radius 3 is 2.19 bits per heavy atom. The molecule has 1 fully saturated rings. The van der Waals surface area contributed by atoms with Gasteiger partial charge in [-0.25, -0.2) is 5.01 Å². The van der Waals surface area contributed by atoms with Gasteiger partial charge in [0.2, 0.25) is 0 Å². The lowest BCUT2D eigenvalue weighted by atomic mass is 9.77. The highest BCUT2D eigenvalue weighted by atomic mass is 16.7. The number of methoxy groups -OCH3 is 1. The van der Waals surface area contributed by atoms with Crippen molar-refractivity contribution in [3.05, 3.63) is 58.7 Å². The van der Waals surface area contributed by atoms with Crippen LogP contribution in [-0.4, -0.2) is 48.8 Å². The molecule has 3 rings (SSSR count). The van der Waals surface area contributed by atoms with E-state index < -0.39 is 18.3 Å². The van der Waals surface area contributed by atoms with Crippen LogP contribution in [0.25, 0.3) is 0 Å². The lowest BCUT2D eigenvalue weighted by molar-refractivity contribution is 0.00578. The molecule has 1 saturated heterocycles. The number of nitrogens with one attached hydrogen (secondary N) is 1. The van der Waals surface area contributed by atoms with Gasteiger partial charge in [-0.15, -0.1) is 0 Å². The normalized spacial score (nSPS) is 16.6. The molecule has 2 amide bonds. The molecular weight excluding hydrogens is 455 g/mol. The maximum atomic E-state index is 13.8. The Balaban J connectivity index is 1.93. The summed E-state index contributed by atoms with van der Waals surface area (Å²) in [5.74, 6) is -0.0646. The summed E-state index contributed by atoms with van der Waals surface area (Å²) >= 11 is 0. The molecule has 1 aliphatic rings. The average Bonchev–Trinajstić information content (AvgIpc) is 2.98. The number of hydrazine groups is 1. The molecule has 8 heteroatoms. The van der Waals surface area contributed by atoms with E-state index in [1.165, 1.54) is 5.01 Å². The molecule has 1 aliphatic heterocycles. The minimum atomic E-state index is -0.591. The van der Waals surface area contributed by atoms with E-state index in [1.807, 2.05) is 74.4 Å². The van der Waals surface area contributed by atoms with Crippen LogP contribution >= 0.6 is 0 Å². The number of nitrogens with zero attached hydrogens (tertiary/aromatic N) is 1. The molecule has 7 nitrogen and oxygen atoms in total. The van der Waals surface area contributed by atoms with Gasteiger partial charge in [-0.3, -0.25) is 15.0 Å². The molecule has 1 heterocycles. The summed E-state index contributed by atoms with van der Waals surface area (Å²) in [5.41, 5.74) is 4.87. The van der Waals surface area contributed by atoms with Gasteiger partial charge in [0.1, 0.15) is 5.75 Å². The van der Waals surface area contributed by atoms with Crippen LogP contribution in [0.3, 0.4) is 0 Å². The van der Waals surface area contributed by atoms with E-state index in [-0.39, 0.29) is 17.2 Å². The Morgan fingerprint density at radius 1 is 1.03 bits per heavy atom. The summed E-state index contributed by atoms with van der Waals surface area (Å²) < 4.78 is 17.8. The van der Waals surface area contributed by atoms with E-state index >= 15 is 0 Å². The minimum Gasteiger partial charge on any atom is -0.496 e. The fourth-order valence-electron chi connectivity index (χ4n) is 4.11. The molecule has 0 spiro atoms. The first kappa shape index (κ1) is 27.7. The summed E-state index contributed by atoms with van der Waals surface area (Å²) in [4.78, 5) is 27.0. The molecule has 36 heavy (non-hydrogen) atoms. The zero-order valence-electron chi connectivity index (χ0n) is 23.2. The summed E-state index contributed by atoms with van der Waals surface area (Å²) in [5, 5.41) is 1.39. The van der Waals surface area contributed by atoms with Gasteiger partial charge in [0.05, 0.1) is 18.3 Å². The predicted octanol–water partition coefficient (Wildman–Crippen LogP) is 4.44. The summed E-state index contributed by atoms with van der Waals surface area (Å²) in [6.07, 6.45) is 0. The van der Waals surface area contributed by atoms with Gasteiger partial charge in [-0.05, 0) is 76.7 Å². The zero-order valence-corrected chi connectivity index (χ0v) is 23.2. The van der Waals surface area contributed by atoms with Crippen LogP contribution in [0.2, 0.25) is 0 Å². The van der Waals surface area contributed by atoms with Crippen molar-refractivity contribution < 1.29 is 23.6 Å². The predicted molar refractivity (Wildman–Crippen MR) is 143 cm³/mol. The molecule has 0 atom stereocenters. The van der Waals surface area contributed by atoms with Crippen molar-refractivity contribution >= 4 is 24.4 Å². The second-order valence-corrected chi connectivity index (χ2v) is 11.7. The van der Waals surface area contributed by atoms with Crippen LogP contribution in [0.15, 0.2) is 36.4 Å². The number of rotatable bonds is 5. The number of benzene rings is 2. The standard InChI is InChI=1S/C28H39BN2O5/c1-18-14-20(16-21(15-18)29-35-27(6,7)28(8,9)36-29)25(33)31(17-26(3,4)5)30-24(32)22-12-11-13-23(34-10)19(22)2/h11-16H,17H2,1-10H3,(H,30,32). The Hall–Kier alpha value is -2.84. The molecule has 0 bridgehead atoms. The third-order valence-corrected chi connectivity index (χ3v) is 6.73. The quantitative estimate of drug-likeness (QED) is 0.491. The Labute approximate surface area is 215 Å². The van der Waals surface area contributed by atoms with Gasteiger partial charge >= 0.3 is 7.12 Å². The second kappa shape index (κ2) is 9.90. The minimum absolute atomic E-state index is 0.259. The van der Waals surface area contributed by atoms with Crippen molar-refractivity contribution in [1.29, 1.82) is 0 Å². The van der Waals surface area contributed by atoms with Crippen molar-refractivity contribution in [1.82, 2.24) is 10.4 Å². The van der Waals surface area contributed by atoms with Gasteiger partial charge < -0.3 is 14.0 Å². The zero-order chi connectivity index (χ0) is 27.1. The molecule has 0 aromatic heterocycles. The first-order chi connectivity index (χ1) is 16.5. The molecule has 2 aromatic rings. The smallest absolute Gasteiger partial charge is 0.494 e. The average molecular weight is 494 g/mol. The van der Waals surface area contributed by atoms with E-state index in [1.54, 1.807) is 31.4 Å². The number of hydrogen-bond donors (Lipinski definition) is 1. The Bertz CT molecular complexity index is 1140. The third-order valence-electron chi connectivity index (χ3n) is 6.73. The maximum Gasteiger partial charge on any atom is 0.494 e. The summed E-state index contributed by atoms with van der Waals surface area (Å²) in [6, 6.07) is 10.8. The summed E-state index contributed by atoms with van der Waals surface area (Å²) in [6.45, 7) is 18.1. The van der Waals surface area contributed by atoms with Crippen LogP contribution in [-0.2, 0) is 9.31 Å². The molecule has 2 aromatic carbocycles. The fourth-order valence-corrected chi connectivity index (χ4v) is 4.11. The van der Waals surface area contributed by atoms with E-state index in [0.717, 1.165) is 11.0 Å². The Kier molecular flexibility index (Phi) is 7.63. The van der Waals surface area contributed by atoms with Crippen LogP contribution in [0.4, 0.5) is 0 Å². The molecule has 0 saturated carbocycles. The summed E-state index contributed by atoms with van der Waals surface area (Å²) in [7, 11) is 0.973. The van der Waals surface area contributed by atoms with Gasteiger partial charge in [-0.1, -0.05) is 38.5 Å². The van der Waals surface area contributed by atoms with Crippen molar-refractivity contribution in [3.63, 3.8) is 0 Å². The number of hydrogen-bond acceptors (Lipinski definition) is 5. The Morgan fingerprint density at radius 2 is 1.64 bits per heavy atom. The van der Waals surface area contributed by atoms with Gasteiger partial charge in [0, 0.05) is 23.2 Å². The maximum absolute atomic E-state index is 13.8. The number of ether oxygens (including phenoxy) is 1. The first-order valence-corrected chi connectivity index (χ1v) is 12.3. The lowest BCUT2D eigenvalue weighted by Crippen LogP contribution is -2.50. The van der Waals surface area contributed by atoms with Crippen LogP contribution in [0.5, 0.6) is 5.75 Å². The van der Waals surface area contributed by atoms with Crippen molar-refractivity contribution in [3.8, 4) is 5.75 Å². The monoisotopic (exact) mass is 494 g/mol. The first-order valence-electron chi connectivity index (χ1n) is 12.3. The largest absolute Gasteiger partial charge is 0.496 e.